The summed E-state index contributed by atoms with van der Waals surface area (Å²) in [6.07, 6.45) is -1.03. The molecule has 0 aliphatic carbocycles. The van der Waals surface area contributed by atoms with Gasteiger partial charge in [-0.25, -0.2) is 10.0 Å². The van der Waals surface area contributed by atoms with E-state index in [-0.39, 0.29) is 5.92 Å². The van der Waals surface area contributed by atoms with Gasteiger partial charge in [-0.05, 0) is 47.9 Å². The minimum atomic E-state index is -1.04. The van der Waals surface area contributed by atoms with Gasteiger partial charge in [0, 0.05) is 16.0 Å². The van der Waals surface area contributed by atoms with Gasteiger partial charge in [0.15, 0.2) is 0 Å². The van der Waals surface area contributed by atoms with Gasteiger partial charge in [0.25, 0.3) is 0 Å². The molecule has 3 aromatic carbocycles. The molecule has 0 spiro atoms. The summed E-state index contributed by atoms with van der Waals surface area (Å²) in [5.41, 5.74) is 9.34. The van der Waals surface area contributed by atoms with Gasteiger partial charge >= 0.3 is 0 Å². The van der Waals surface area contributed by atoms with Crippen LogP contribution in [-0.2, 0) is 11.3 Å². The summed E-state index contributed by atoms with van der Waals surface area (Å²) in [6, 6.07) is 23.9. The van der Waals surface area contributed by atoms with Crippen LogP contribution in [0.3, 0.4) is 0 Å². The van der Waals surface area contributed by atoms with E-state index in [2.05, 4.69) is 17.4 Å². The number of guanidine groups is 1. The van der Waals surface area contributed by atoms with Crippen LogP contribution >= 0.6 is 23.2 Å². The van der Waals surface area contributed by atoms with Crippen molar-refractivity contribution >= 4 is 40.8 Å². The van der Waals surface area contributed by atoms with Crippen LogP contribution in [0.25, 0.3) is 0 Å². The van der Waals surface area contributed by atoms with Crippen molar-refractivity contribution in [2.24, 2.45) is 15.8 Å². The first-order valence-corrected chi connectivity index (χ1v) is 12.3. The van der Waals surface area contributed by atoms with Crippen molar-refractivity contribution in [2.45, 2.75) is 31.5 Å². The Kier molecular flexibility index (Phi) is 8.25. The molecular weight excluding hydrogens is 497 g/mol. The lowest BCUT2D eigenvalue weighted by Crippen LogP contribution is -2.54. The number of carbonyl (C=O) groups is 1. The van der Waals surface area contributed by atoms with E-state index >= 15 is 0 Å². The van der Waals surface area contributed by atoms with Crippen molar-refractivity contribution in [1.29, 1.82) is 0 Å². The van der Waals surface area contributed by atoms with Gasteiger partial charge in [0.2, 0.25) is 11.9 Å². The summed E-state index contributed by atoms with van der Waals surface area (Å²) in [5.74, 6) is -0.419. The van der Waals surface area contributed by atoms with Gasteiger partial charge in [-0.2, -0.15) is 5.10 Å². The molecule has 7 nitrogen and oxygen atoms in total. The highest BCUT2D eigenvalue weighted by Gasteiger charge is 2.33. The maximum absolute atomic E-state index is 12.1. The van der Waals surface area contributed by atoms with E-state index in [1.807, 2.05) is 54.6 Å². The number of aliphatic imine (C=N–C) groups is 1. The van der Waals surface area contributed by atoms with Gasteiger partial charge in [-0.15, -0.1) is 0 Å². The molecule has 0 unspecified atom stereocenters. The van der Waals surface area contributed by atoms with Crippen LogP contribution in [0, 0.1) is 0 Å². The molecule has 3 atom stereocenters. The SMILES string of the molecule is C[C@H](O)[C@H](N/C(=N\Cc1ccc(Cl)cc1)N1C[C@H](c2ccccc2)C(c2ccc(Cl)cc2)=N1)C(N)=O. The van der Waals surface area contributed by atoms with Crippen LogP contribution in [0.1, 0.15) is 29.5 Å². The van der Waals surface area contributed by atoms with E-state index in [0.29, 0.717) is 29.1 Å². The Morgan fingerprint density at radius 3 is 2.28 bits per heavy atom. The van der Waals surface area contributed by atoms with Crippen LogP contribution in [-0.4, -0.2) is 46.4 Å². The molecule has 4 N–H and O–H groups in total. The molecule has 4 rings (SSSR count). The van der Waals surface area contributed by atoms with E-state index in [0.717, 1.165) is 22.4 Å². The lowest BCUT2D eigenvalue weighted by molar-refractivity contribution is -0.121. The second-order valence-electron chi connectivity index (χ2n) is 8.57. The third kappa shape index (κ3) is 6.23. The lowest BCUT2D eigenvalue weighted by Gasteiger charge is -2.25. The number of benzene rings is 3. The highest BCUT2D eigenvalue weighted by Crippen LogP contribution is 2.29. The van der Waals surface area contributed by atoms with Gasteiger partial charge in [-0.1, -0.05) is 77.8 Å². The average molecular weight is 524 g/mol. The van der Waals surface area contributed by atoms with Gasteiger partial charge in [0.1, 0.15) is 6.04 Å². The Balaban J connectivity index is 1.72. The number of amides is 1. The molecule has 1 aliphatic rings. The normalized spacial score (nSPS) is 17.4. The van der Waals surface area contributed by atoms with Crippen LogP contribution in [0.15, 0.2) is 89.0 Å². The Morgan fingerprint density at radius 1 is 1.08 bits per heavy atom. The monoisotopic (exact) mass is 523 g/mol. The maximum atomic E-state index is 12.1. The number of rotatable bonds is 7. The predicted octanol–water partition coefficient (Wildman–Crippen LogP) is 4.18. The highest BCUT2D eigenvalue weighted by atomic mass is 35.5. The molecule has 36 heavy (non-hydrogen) atoms. The molecule has 0 bridgehead atoms. The van der Waals surface area contributed by atoms with Crippen molar-refractivity contribution in [3.05, 3.63) is 106 Å². The van der Waals surface area contributed by atoms with Crippen LogP contribution in [0.5, 0.6) is 0 Å². The number of nitrogens with two attached hydrogens (primary N) is 1. The van der Waals surface area contributed by atoms with Crippen LogP contribution in [0.4, 0.5) is 0 Å². The Labute approximate surface area is 220 Å². The molecule has 1 aliphatic heterocycles. The number of carbonyl (C=O) groups excluding carboxylic acids is 1. The number of halogens is 2. The van der Waals surface area contributed by atoms with Crippen molar-refractivity contribution in [3.8, 4) is 0 Å². The largest absolute Gasteiger partial charge is 0.391 e. The van der Waals surface area contributed by atoms with E-state index < -0.39 is 18.1 Å². The molecule has 1 amide bonds. The fourth-order valence-electron chi connectivity index (χ4n) is 3.99. The molecule has 0 saturated carbocycles. The number of nitrogens with zero attached hydrogens (tertiary/aromatic N) is 3. The summed E-state index contributed by atoms with van der Waals surface area (Å²) in [5, 5.41) is 21.1. The van der Waals surface area contributed by atoms with E-state index in [1.54, 1.807) is 17.1 Å². The molecule has 0 saturated heterocycles. The smallest absolute Gasteiger partial charge is 0.242 e. The van der Waals surface area contributed by atoms with Crippen molar-refractivity contribution in [3.63, 3.8) is 0 Å². The van der Waals surface area contributed by atoms with E-state index in [9.17, 15) is 9.90 Å². The molecule has 1 heterocycles. The predicted molar refractivity (Wildman–Crippen MR) is 144 cm³/mol. The standard InChI is InChI=1S/C27H27Cl2N5O2/c1-17(35)24(26(30)36)32-27(31-15-18-7-11-21(28)12-8-18)34-16-23(19-5-3-2-4-6-19)25(33-34)20-9-13-22(29)14-10-20/h2-14,17,23-24,35H,15-16H2,1H3,(H2,30,36)(H,31,32)/t17-,23+,24-/m0/s1. The summed E-state index contributed by atoms with van der Waals surface area (Å²) < 4.78 is 0. The summed E-state index contributed by atoms with van der Waals surface area (Å²) in [7, 11) is 0. The third-order valence-electron chi connectivity index (χ3n) is 5.90. The number of aliphatic hydroxyl groups is 1. The fourth-order valence-corrected chi connectivity index (χ4v) is 4.24. The molecule has 0 fully saturated rings. The van der Waals surface area contributed by atoms with Crippen LogP contribution in [0.2, 0.25) is 10.0 Å². The number of hydrazone groups is 1. The minimum Gasteiger partial charge on any atom is -0.391 e. The van der Waals surface area contributed by atoms with E-state index in [1.165, 1.54) is 6.92 Å². The molecule has 9 heteroatoms. The Hall–Kier alpha value is -3.39. The maximum Gasteiger partial charge on any atom is 0.242 e. The van der Waals surface area contributed by atoms with Crippen LogP contribution < -0.4 is 11.1 Å². The number of hydrogen-bond donors (Lipinski definition) is 3. The van der Waals surface area contributed by atoms with E-state index in [4.69, 9.17) is 39.0 Å². The molecular formula is C27H27Cl2N5O2. The zero-order valence-corrected chi connectivity index (χ0v) is 21.2. The highest BCUT2D eigenvalue weighted by molar-refractivity contribution is 6.31. The molecule has 0 radical (unpaired) electrons. The van der Waals surface area contributed by atoms with Gasteiger partial charge in [0.05, 0.1) is 24.9 Å². The zero-order chi connectivity index (χ0) is 25.7. The minimum absolute atomic E-state index is 0.0616. The Morgan fingerprint density at radius 2 is 1.69 bits per heavy atom. The van der Waals surface area contributed by atoms with Gasteiger partial charge in [-0.3, -0.25) is 4.79 Å². The van der Waals surface area contributed by atoms with Gasteiger partial charge < -0.3 is 16.2 Å². The number of aliphatic hydroxyl groups excluding tert-OH is 1. The summed E-state index contributed by atoms with van der Waals surface area (Å²) >= 11 is 12.1. The molecule has 186 valence electrons. The van der Waals surface area contributed by atoms with Crippen molar-refractivity contribution in [2.75, 3.05) is 6.54 Å². The topological polar surface area (TPSA) is 103 Å². The zero-order valence-electron chi connectivity index (χ0n) is 19.7. The second-order valence-corrected chi connectivity index (χ2v) is 9.44. The second kappa shape index (κ2) is 11.6. The summed E-state index contributed by atoms with van der Waals surface area (Å²) in [6.45, 7) is 2.28. The first-order chi connectivity index (χ1) is 17.3. The quantitative estimate of drug-likeness (QED) is 0.319. The lowest BCUT2D eigenvalue weighted by atomic mass is 9.91. The molecule has 3 aromatic rings. The number of nitrogens with one attached hydrogen (secondary N) is 1. The first-order valence-electron chi connectivity index (χ1n) is 11.5. The number of hydrogen-bond acceptors (Lipinski definition) is 4. The first kappa shape index (κ1) is 25.7. The number of primary amides is 1. The van der Waals surface area contributed by atoms with Crippen molar-refractivity contribution in [1.82, 2.24) is 10.3 Å². The summed E-state index contributed by atoms with van der Waals surface area (Å²) in [4.78, 5) is 16.8. The molecule has 0 aromatic heterocycles. The fraction of sp³-hybridized carbons (Fsp3) is 0.222. The van der Waals surface area contributed by atoms with Crippen molar-refractivity contribution < 1.29 is 9.90 Å². The Bertz CT molecular complexity index is 1250. The average Bonchev–Trinajstić information content (AvgIpc) is 3.31. The third-order valence-corrected chi connectivity index (χ3v) is 6.40.